The molecule has 100 valence electrons. The van der Waals surface area contributed by atoms with Gasteiger partial charge in [0.25, 0.3) is 0 Å². The number of aromatic nitrogens is 2. The molecule has 1 heterocycles. The van der Waals surface area contributed by atoms with Crippen LogP contribution in [0, 0.1) is 5.92 Å². The van der Waals surface area contributed by atoms with Crippen LogP contribution in [0.5, 0.6) is 5.88 Å². The predicted molar refractivity (Wildman–Crippen MR) is 68.0 cm³/mol. The molecule has 1 aliphatic carbocycles. The third-order valence-electron chi connectivity index (χ3n) is 3.11. The molecule has 0 unspecified atom stereocenters. The first-order valence-electron chi connectivity index (χ1n) is 6.28. The van der Waals surface area contributed by atoms with Gasteiger partial charge in [-0.2, -0.15) is 4.98 Å². The molecule has 0 spiro atoms. The number of ether oxygens (including phenoxy) is 2. The zero-order chi connectivity index (χ0) is 12.8. The minimum Gasteiger partial charge on any atom is -0.477 e. The maximum Gasteiger partial charge on any atom is 0.218 e. The molecule has 0 aromatic carbocycles. The number of hydrogen-bond donors (Lipinski definition) is 2. The summed E-state index contributed by atoms with van der Waals surface area (Å²) < 4.78 is 10.7. The van der Waals surface area contributed by atoms with Crippen LogP contribution in [0.2, 0.25) is 0 Å². The lowest BCUT2D eigenvalue weighted by Crippen LogP contribution is -2.13. The zero-order valence-corrected chi connectivity index (χ0v) is 10.7. The summed E-state index contributed by atoms with van der Waals surface area (Å²) in [6, 6.07) is 1.70. The molecule has 0 saturated heterocycles. The van der Waals surface area contributed by atoms with Crippen molar-refractivity contribution >= 4 is 5.82 Å². The molecule has 1 aromatic rings. The number of rotatable bonds is 6. The van der Waals surface area contributed by atoms with Gasteiger partial charge in [-0.25, -0.2) is 10.8 Å². The van der Waals surface area contributed by atoms with Crippen molar-refractivity contribution in [1.29, 1.82) is 0 Å². The topological polar surface area (TPSA) is 82.3 Å². The van der Waals surface area contributed by atoms with Crippen molar-refractivity contribution in [2.45, 2.75) is 32.3 Å². The van der Waals surface area contributed by atoms with Crippen LogP contribution in [0.25, 0.3) is 0 Å². The molecule has 0 atom stereocenters. The number of anilines is 1. The van der Waals surface area contributed by atoms with Crippen LogP contribution >= 0.6 is 0 Å². The number of nitrogen functional groups attached to an aromatic ring is 1. The molecule has 2 rings (SSSR count). The highest BCUT2D eigenvalue weighted by Gasteiger charge is 2.16. The predicted octanol–water partition coefficient (Wildman–Crippen LogP) is 1.48. The quantitative estimate of drug-likeness (QED) is 0.589. The number of nitrogens with zero attached hydrogens (tertiary/aromatic N) is 2. The van der Waals surface area contributed by atoms with Crippen LogP contribution in [-0.4, -0.2) is 23.7 Å². The third kappa shape index (κ3) is 3.54. The minimum absolute atomic E-state index is 0.343. The van der Waals surface area contributed by atoms with Gasteiger partial charge in [-0.3, -0.25) is 0 Å². The van der Waals surface area contributed by atoms with Crippen LogP contribution in [0.4, 0.5) is 5.82 Å². The Hall–Kier alpha value is -1.40. The van der Waals surface area contributed by atoms with E-state index in [-0.39, 0.29) is 0 Å². The molecular formula is C12H20N4O2. The van der Waals surface area contributed by atoms with Gasteiger partial charge >= 0.3 is 0 Å². The van der Waals surface area contributed by atoms with E-state index in [1.54, 1.807) is 13.2 Å². The summed E-state index contributed by atoms with van der Waals surface area (Å²) >= 11 is 0. The fourth-order valence-corrected chi connectivity index (χ4v) is 2.19. The van der Waals surface area contributed by atoms with Crippen molar-refractivity contribution in [1.82, 2.24) is 9.97 Å². The largest absolute Gasteiger partial charge is 0.477 e. The maximum absolute atomic E-state index is 5.72. The van der Waals surface area contributed by atoms with Crippen molar-refractivity contribution in [3.05, 3.63) is 11.9 Å². The Kier molecular flexibility index (Phi) is 4.72. The summed E-state index contributed by atoms with van der Waals surface area (Å²) in [5, 5.41) is 0. The van der Waals surface area contributed by atoms with Crippen LogP contribution in [0.1, 0.15) is 31.5 Å². The summed E-state index contributed by atoms with van der Waals surface area (Å²) in [5.74, 6) is 7.68. The van der Waals surface area contributed by atoms with E-state index < -0.39 is 0 Å². The summed E-state index contributed by atoms with van der Waals surface area (Å²) in [6.45, 7) is 1.06. The number of hydrazine groups is 1. The lowest BCUT2D eigenvalue weighted by molar-refractivity contribution is 0.175. The van der Waals surface area contributed by atoms with Crippen LogP contribution in [0.3, 0.4) is 0 Å². The molecule has 1 saturated carbocycles. The molecule has 18 heavy (non-hydrogen) atoms. The number of methoxy groups -OCH3 is 1. The Morgan fingerprint density at radius 2 is 2.17 bits per heavy atom. The molecule has 3 N–H and O–H groups in total. The molecule has 0 radical (unpaired) electrons. The van der Waals surface area contributed by atoms with Crippen molar-refractivity contribution in [2.24, 2.45) is 11.8 Å². The second kappa shape index (κ2) is 6.51. The molecular weight excluding hydrogens is 232 g/mol. The molecule has 0 aliphatic heterocycles. The molecule has 0 bridgehead atoms. The van der Waals surface area contributed by atoms with E-state index >= 15 is 0 Å². The Morgan fingerprint density at radius 1 is 1.39 bits per heavy atom. The lowest BCUT2D eigenvalue weighted by atomic mass is 10.1. The fourth-order valence-electron chi connectivity index (χ4n) is 2.19. The van der Waals surface area contributed by atoms with Gasteiger partial charge in [-0.05, 0) is 18.8 Å². The standard InChI is InChI=1S/C12H20N4O2/c1-17-8-11-14-10(16-13)6-12(15-11)18-7-9-4-2-3-5-9/h6,9H,2-5,7-8,13H2,1H3,(H,14,15,16). The first-order valence-corrected chi connectivity index (χ1v) is 6.28. The van der Waals surface area contributed by atoms with Gasteiger partial charge in [0.15, 0.2) is 5.82 Å². The van der Waals surface area contributed by atoms with Crippen molar-refractivity contribution in [3.8, 4) is 5.88 Å². The van der Waals surface area contributed by atoms with Crippen molar-refractivity contribution in [2.75, 3.05) is 19.1 Å². The molecule has 6 nitrogen and oxygen atoms in total. The summed E-state index contributed by atoms with van der Waals surface area (Å²) in [7, 11) is 1.60. The van der Waals surface area contributed by atoms with Gasteiger partial charge in [0.1, 0.15) is 12.4 Å². The average Bonchev–Trinajstić information content (AvgIpc) is 2.89. The van der Waals surface area contributed by atoms with E-state index in [2.05, 4.69) is 15.4 Å². The van der Waals surface area contributed by atoms with E-state index in [0.29, 0.717) is 36.7 Å². The Balaban J connectivity index is 1.98. The normalized spacial score (nSPS) is 15.9. The van der Waals surface area contributed by atoms with E-state index in [9.17, 15) is 0 Å². The Labute approximate surface area is 107 Å². The first-order chi connectivity index (χ1) is 8.81. The highest BCUT2D eigenvalue weighted by molar-refractivity contribution is 5.36. The molecule has 6 heteroatoms. The minimum atomic E-state index is 0.343. The smallest absolute Gasteiger partial charge is 0.218 e. The highest BCUT2D eigenvalue weighted by atomic mass is 16.5. The fraction of sp³-hybridized carbons (Fsp3) is 0.667. The molecule has 1 aromatic heterocycles. The third-order valence-corrected chi connectivity index (χ3v) is 3.11. The highest BCUT2D eigenvalue weighted by Crippen LogP contribution is 2.25. The van der Waals surface area contributed by atoms with Gasteiger partial charge in [0.2, 0.25) is 5.88 Å². The van der Waals surface area contributed by atoms with Gasteiger partial charge in [0.05, 0.1) is 6.61 Å². The second-order valence-corrected chi connectivity index (χ2v) is 4.55. The maximum atomic E-state index is 5.72. The monoisotopic (exact) mass is 252 g/mol. The lowest BCUT2D eigenvalue weighted by Gasteiger charge is -2.12. The van der Waals surface area contributed by atoms with Crippen molar-refractivity contribution in [3.63, 3.8) is 0 Å². The molecule has 1 fully saturated rings. The zero-order valence-electron chi connectivity index (χ0n) is 10.7. The van der Waals surface area contributed by atoms with E-state index in [1.807, 2.05) is 0 Å². The van der Waals surface area contributed by atoms with E-state index in [1.165, 1.54) is 25.7 Å². The number of nitrogens with two attached hydrogens (primary N) is 1. The average molecular weight is 252 g/mol. The van der Waals surface area contributed by atoms with Gasteiger partial charge in [-0.1, -0.05) is 12.8 Å². The molecule has 0 amide bonds. The van der Waals surface area contributed by atoms with Gasteiger partial charge in [0, 0.05) is 13.2 Å². The number of nitrogens with one attached hydrogen (secondary N) is 1. The van der Waals surface area contributed by atoms with Crippen molar-refractivity contribution < 1.29 is 9.47 Å². The second-order valence-electron chi connectivity index (χ2n) is 4.55. The van der Waals surface area contributed by atoms with E-state index in [4.69, 9.17) is 15.3 Å². The summed E-state index contributed by atoms with van der Waals surface area (Å²) in [4.78, 5) is 8.45. The Morgan fingerprint density at radius 3 is 2.83 bits per heavy atom. The number of hydrogen-bond acceptors (Lipinski definition) is 6. The summed E-state index contributed by atoms with van der Waals surface area (Å²) in [5.41, 5.74) is 2.51. The molecule has 1 aliphatic rings. The van der Waals surface area contributed by atoms with Gasteiger partial charge in [-0.15, -0.1) is 0 Å². The SMILES string of the molecule is COCc1nc(NN)cc(OCC2CCCC2)n1. The summed E-state index contributed by atoms with van der Waals surface area (Å²) in [6.07, 6.45) is 5.11. The van der Waals surface area contributed by atoms with Crippen LogP contribution in [0.15, 0.2) is 6.07 Å². The van der Waals surface area contributed by atoms with Gasteiger partial charge < -0.3 is 14.9 Å². The first kappa shape index (κ1) is 13.0. The Bertz CT molecular complexity index is 380. The van der Waals surface area contributed by atoms with Crippen LogP contribution in [-0.2, 0) is 11.3 Å². The van der Waals surface area contributed by atoms with Crippen LogP contribution < -0.4 is 16.0 Å². The van der Waals surface area contributed by atoms with E-state index in [0.717, 1.165) is 0 Å².